The highest BCUT2D eigenvalue weighted by molar-refractivity contribution is 7.89. The number of carbonyl (C=O) groups excluding carboxylic acids is 1. The molecule has 0 spiro atoms. The monoisotopic (exact) mass is 369 g/mol. The first-order valence-electron chi connectivity index (χ1n) is 8.16. The SMILES string of the molecule is Cc1ccc(S(=O)(=O)NCCNC(=O)c2cccc3ncccc23)cc1. The van der Waals surface area contributed by atoms with Crippen molar-refractivity contribution in [3.05, 3.63) is 71.9 Å². The van der Waals surface area contributed by atoms with Gasteiger partial charge in [-0.1, -0.05) is 29.8 Å². The van der Waals surface area contributed by atoms with Crippen LogP contribution >= 0.6 is 0 Å². The van der Waals surface area contributed by atoms with Crippen LogP contribution in [0.4, 0.5) is 0 Å². The number of hydrogen-bond donors (Lipinski definition) is 2. The van der Waals surface area contributed by atoms with Crippen molar-refractivity contribution in [2.75, 3.05) is 13.1 Å². The third-order valence-corrected chi connectivity index (χ3v) is 5.40. The lowest BCUT2D eigenvalue weighted by molar-refractivity contribution is 0.0956. The standard InChI is InChI=1S/C19H19N3O3S/c1-14-7-9-15(10-8-14)26(24,25)22-13-12-21-19(23)17-4-2-6-18-16(17)5-3-11-20-18/h2-11,22H,12-13H2,1H3,(H,21,23). The maximum Gasteiger partial charge on any atom is 0.252 e. The van der Waals surface area contributed by atoms with Crippen molar-refractivity contribution in [3.8, 4) is 0 Å². The Hall–Kier alpha value is -2.77. The van der Waals surface area contributed by atoms with Gasteiger partial charge in [0.15, 0.2) is 0 Å². The van der Waals surface area contributed by atoms with E-state index in [4.69, 9.17) is 0 Å². The summed E-state index contributed by atoms with van der Waals surface area (Å²) in [6.45, 7) is 2.17. The van der Waals surface area contributed by atoms with Crippen LogP contribution in [0.15, 0.2) is 65.7 Å². The second kappa shape index (κ2) is 7.63. The quantitative estimate of drug-likeness (QED) is 0.653. The second-order valence-corrected chi connectivity index (χ2v) is 7.61. The van der Waals surface area contributed by atoms with Crippen LogP contribution in [0, 0.1) is 6.92 Å². The van der Waals surface area contributed by atoms with Crippen LogP contribution in [0.5, 0.6) is 0 Å². The fourth-order valence-corrected chi connectivity index (χ4v) is 3.59. The third-order valence-electron chi connectivity index (χ3n) is 3.92. The van der Waals surface area contributed by atoms with Crippen LogP contribution in [-0.4, -0.2) is 32.4 Å². The first-order chi connectivity index (χ1) is 12.5. The van der Waals surface area contributed by atoms with Gasteiger partial charge in [0.25, 0.3) is 5.91 Å². The topological polar surface area (TPSA) is 88.2 Å². The van der Waals surface area contributed by atoms with Gasteiger partial charge in [-0.2, -0.15) is 0 Å². The lowest BCUT2D eigenvalue weighted by Gasteiger charge is -2.09. The fraction of sp³-hybridized carbons (Fsp3) is 0.158. The third kappa shape index (κ3) is 4.07. The number of pyridine rings is 1. The van der Waals surface area contributed by atoms with E-state index in [-0.39, 0.29) is 23.9 Å². The Morgan fingerprint density at radius 2 is 1.77 bits per heavy atom. The summed E-state index contributed by atoms with van der Waals surface area (Å²) in [6, 6.07) is 15.5. The van der Waals surface area contributed by atoms with E-state index < -0.39 is 10.0 Å². The van der Waals surface area contributed by atoms with Gasteiger partial charge in [0.05, 0.1) is 10.4 Å². The summed E-state index contributed by atoms with van der Waals surface area (Å²) in [5.41, 5.74) is 2.23. The first kappa shape index (κ1) is 18.0. The smallest absolute Gasteiger partial charge is 0.252 e. The minimum Gasteiger partial charge on any atom is -0.351 e. The molecule has 0 saturated carbocycles. The zero-order chi connectivity index (χ0) is 18.6. The molecule has 0 saturated heterocycles. The van der Waals surface area contributed by atoms with Gasteiger partial charge in [0.2, 0.25) is 10.0 Å². The predicted octanol–water partition coefficient (Wildman–Crippen LogP) is 2.25. The summed E-state index contributed by atoms with van der Waals surface area (Å²) in [5, 5.41) is 3.49. The molecule has 6 nitrogen and oxygen atoms in total. The molecule has 134 valence electrons. The van der Waals surface area contributed by atoms with Crippen molar-refractivity contribution < 1.29 is 13.2 Å². The summed E-state index contributed by atoms with van der Waals surface area (Å²) in [4.78, 5) is 16.8. The molecular formula is C19H19N3O3S. The summed E-state index contributed by atoms with van der Waals surface area (Å²) < 4.78 is 26.9. The van der Waals surface area contributed by atoms with E-state index in [0.717, 1.165) is 16.5 Å². The average Bonchev–Trinajstić information content (AvgIpc) is 2.65. The molecule has 3 rings (SSSR count). The normalized spacial score (nSPS) is 11.4. The zero-order valence-corrected chi connectivity index (χ0v) is 15.1. The van der Waals surface area contributed by atoms with Gasteiger partial charge in [0, 0.05) is 30.2 Å². The number of fused-ring (bicyclic) bond motifs is 1. The molecule has 0 atom stereocenters. The predicted molar refractivity (Wildman–Crippen MR) is 100 cm³/mol. The lowest BCUT2D eigenvalue weighted by atomic mass is 10.1. The number of benzene rings is 2. The Balaban J connectivity index is 1.59. The van der Waals surface area contributed by atoms with Gasteiger partial charge in [-0.05, 0) is 37.3 Å². The van der Waals surface area contributed by atoms with Crippen LogP contribution < -0.4 is 10.0 Å². The minimum atomic E-state index is -3.59. The molecule has 0 bridgehead atoms. The maximum absolute atomic E-state index is 12.4. The van der Waals surface area contributed by atoms with Crippen molar-refractivity contribution in [2.45, 2.75) is 11.8 Å². The van der Waals surface area contributed by atoms with Crippen LogP contribution in [-0.2, 0) is 10.0 Å². The number of aromatic nitrogens is 1. The highest BCUT2D eigenvalue weighted by Crippen LogP contribution is 2.16. The highest BCUT2D eigenvalue weighted by atomic mass is 32.2. The molecule has 3 aromatic rings. The summed E-state index contributed by atoms with van der Waals surface area (Å²) >= 11 is 0. The molecule has 0 unspecified atom stereocenters. The van der Waals surface area contributed by atoms with Crippen LogP contribution in [0.3, 0.4) is 0 Å². The largest absolute Gasteiger partial charge is 0.351 e. The molecule has 0 aliphatic heterocycles. The second-order valence-electron chi connectivity index (χ2n) is 5.84. The number of hydrogen-bond acceptors (Lipinski definition) is 4. The zero-order valence-electron chi connectivity index (χ0n) is 14.3. The Morgan fingerprint density at radius 3 is 2.54 bits per heavy atom. The summed E-state index contributed by atoms with van der Waals surface area (Å²) in [7, 11) is -3.59. The maximum atomic E-state index is 12.4. The molecule has 0 aliphatic carbocycles. The molecule has 2 N–H and O–H groups in total. The molecule has 2 aromatic carbocycles. The van der Waals surface area contributed by atoms with Gasteiger partial charge >= 0.3 is 0 Å². The Kier molecular flexibility index (Phi) is 5.29. The highest BCUT2D eigenvalue weighted by Gasteiger charge is 2.14. The molecule has 1 heterocycles. The molecular weight excluding hydrogens is 350 g/mol. The number of carbonyl (C=O) groups is 1. The van der Waals surface area contributed by atoms with Gasteiger partial charge in [-0.3, -0.25) is 9.78 Å². The molecule has 0 aliphatic rings. The fourth-order valence-electron chi connectivity index (χ4n) is 2.56. The van der Waals surface area contributed by atoms with Crippen molar-refractivity contribution in [1.82, 2.24) is 15.0 Å². The average molecular weight is 369 g/mol. The molecule has 7 heteroatoms. The number of nitrogens with one attached hydrogen (secondary N) is 2. The van der Waals surface area contributed by atoms with Crippen LogP contribution in [0.1, 0.15) is 15.9 Å². The van der Waals surface area contributed by atoms with E-state index in [2.05, 4.69) is 15.0 Å². The van der Waals surface area contributed by atoms with Crippen molar-refractivity contribution in [1.29, 1.82) is 0 Å². The molecule has 1 amide bonds. The number of amides is 1. The number of rotatable bonds is 6. The molecule has 0 radical (unpaired) electrons. The van der Waals surface area contributed by atoms with Crippen molar-refractivity contribution in [2.24, 2.45) is 0 Å². The van der Waals surface area contributed by atoms with E-state index in [1.807, 2.05) is 19.1 Å². The summed E-state index contributed by atoms with van der Waals surface area (Å²) in [5.74, 6) is -0.266. The first-order valence-corrected chi connectivity index (χ1v) is 9.64. The molecule has 26 heavy (non-hydrogen) atoms. The van der Waals surface area contributed by atoms with Gasteiger partial charge in [0.1, 0.15) is 0 Å². The molecule has 1 aromatic heterocycles. The Bertz CT molecular complexity index is 1030. The van der Waals surface area contributed by atoms with Crippen LogP contribution in [0.25, 0.3) is 10.9 Å². The molecule has 0 fully saturated rings. The minimum absolute atomic E-state index is 0.102. The van der Waals surface area contributed by atoms with E-state index in [1.165, 1.54) is 0 Å². The van der Waals surface area contributed by atoms with Gasteiger partial charge in [-0.25, -0.2) is 13.1 Å². The lowest BCUT2D eigenvalue weighted by Crippen LogP contribution is -2.34. The van der Waals surface area contributed by atoms with E-state index in [9.17, 15) is 13.2 Å². The Labute approximate surface area is 152 Å². The van der Waals surface area contributed by atoms with E-state index >= 15 is 0 Å². The van der Waals surface area contributed by atoms with Gasteiger partial charge < -0.3 is 5.32 Å². The van der Waals surface area contributed by atoms with Crippen LogP contribution in [0.2, 0.25) is 0 Å². The number of nitrogens with zero attached hydrogens (tertiary/aromatic N) is 1. The number of sulfonamides is 1. The van der Waals surface area contributed by atoms with E-state index in [0.29, 0.717) is 5.56 Å². The van der Waals surface area contributed by atoms with E-state index in [1.54, 1.807) is 48.7 Å². The summed E-state index contributed by atoms with van der Waals surface area (Å²) in [6.07, 6.45) is 1.67. The number of aryl methyl sites for hydroxylation is 1. The van der Waals surface area contributed by atoms with Gasteiger partial charge in [-0.15, -0.1) is 0 Å². The Morgan fingerprint density at radius 1 is 1.00 bits per heavy atom. The van der Waals surface area contributed by atoms with Crippen molar-refractivity contribution >= 4 is 26.8 Å². The van der Waals surface area contributed by atoms with Crippen molar-refractivity contribution in [3.63, 3.8) is 0 Å².